The highest BCUT2D eigenvalue weighted by Gasteiger charge is 2.52. The summed E-state index contributed by atoms with van der Waals surface area (Å²) in [7, 11) is 0. The second-order valence-corrected chi connectivity index (χ2v) is 4.55. The van der Waals surface area contributed by atoms with Crippen molar-refractivity contribution in [1.29, 1.82) is 0 Å². The van der Waals surface area contributed by atoms with Crippen molar-refractivity contribution in [2.75, 3.05) is 5.32 Å². The number of carbonyl (C=O) groups excluding carboxylic acids is 2. The molecular weight excluding hydrogens is 368 g/mol. The Morgan fingerprint density at radius 2 is 1.68 bits per heavy atom. The van der Waals surface area contributed by atoms with Crippen molar-refractivity contribution in [3.63, 3.8) is 0 Å². The molecule has 0 saturated heterocycles. The predicted molar refractivity (Wildman–Crippen MR) is 65.3 cm³/mol. The van der Waals surface area contributed by atoms with E-state index in [1.807, 2.05) is 0 Å². The van der Waals surface area contributed by atoms with Crippen molar-refractivity contribution < 1.29 is 46.1 Å². The summed E-state index contributed by atoms with van der Waals surface area (Å²) in [6, 6.07) is -0.160. The summed E-state index contributed by atoms with van der Waals surface area (Å²) in [5.74, 6) is -3.49. The Kier molecular flexibility index (Phi) is 3.94. The zero-order valence-corrected chi connectivity index (χ0v) is 11.3. The van der Waals surface area contributed by atoms with Crippen LogP contribution in [-0.4, -0.2) is 27.5 Å². The second-order valence-electron chi connectivity index (χ2n) is 4.55. The molecule has 0 bridgehead atoms. The highest BCUT2D eigenvalue weighted by molar-refractivity contribution is 6.72. The van der Waals surface area contributed by atoms with Gasteiger partial charge in [-0.1, -0.05) is 5.16 Å². The quantitative estimate of drug-likeness (QED) is 0.340. The van der Waals surface area contributed by atoms with Crippen LogP contribution in [0.15, 0.2) is 11.2 Å². The maximum Gasteiger partial charge on any atom is 0.423 e. The molecule has 134 valence electrons. The van der Waals surface area contributed by atoms with Crippen molar-refractivity contribution in [2.45, 2.75) is 12.4 Å². The van der Waals surface area contributed by atoms with Crippen LogP contribution in [0.25, 0.3) is 0 Å². The largest absolute Gasteiger partial charge is 0.423 e. The maximum absolute atomic E-state index is 13.2. The van der Waals surface area contributed by atoms with Gasteiger partial charge in [0.25, 0.3) is 11.6 Å². The van der Waals surface area contributed by atoms with E-state index in [9.17, 15) is 46.0 Å². The molecule has 1 aliphatic heterocycles. The van der Waals surface area contributed by atoms with Crippen molar-refractivity contribution in [2.24, 2.45) is 5.16 Å². The van der Waals surface area contributed by atoms with Crippen LogP contribution >= 0.6 is 0 Å². The number of hydrogen-bond acceptors (Lipinski definition) is 6. The summed E-state index contributed by atoms with van der Waals surface area (Å²) >= 11 is 0. The molecule has 0 aliphatic carbocycles. The summed E-state index contributed by atoms with van der Waals surface area (Å²) in [4.78, 5) is 32.3. The summed E-state index contributed by atoms with van der Waals surface area (Å²) < 4.78 is 78.5. The number of alkyl halides is 6. The van der Waals surface area contributed by atoms with Gasteiger partial charge in [-0.15, -0.1) is 0 Å². The molecule has 0 aromatic heterocycles. The number of halogens is 6. The number of anilines is 1. The Morgan fingerprint density at radius 3 is 2.08 bits per heavy atom. The topological polar surface area (TPSA) is 122 Å². The summed E-state index contributed by atoms with van der Waals surface area (Å²) in [5.41, 5.74) is -11.5. The summed E-state index contributed by atoms with van der Waals surface area (Å²) in [6.45, 7) is 0. The molecule has 1 aliphatic rings. The SMILES string of the molecule is O=C1Nc2cc(C(F)(F)F)c([N+](=O)[O-])c(C(F)(F)F)c2C(=O)C1=NO. The summed E-state index contributed by atoms with van der Waals surface area (Å²) in [6.07, 6.45) is -11.3. The van der Waals surface area contributed by atoms with Gasteiger partial charge in [-0.05, 0) is 6.07 Å². The number of ketones is 1. The first-order valence-electron chi connectivity index (χ1n) is 5.88. The average Bonchev–Trinajstić information content (AvgIpc) is 2.43. The van der Waals surface area contributed by atoms with E-state index in [-0.39, 0.29) is 6.07 Å². The molecule has 1 heterocycles. The molecule has 14 heteroatoms. The number of Topliss-reactive ketones (excluding diaryl/α,β-unsaturated/α-hetero) is 1. The van der Waals surface area contributed by atoms with Gasteiger partial charge in [-0.2, -0.15) is 26.3 Å². The number of fused-ring (bicyclic) bond motifs is 1. The van der Waals surface area contributed by atoms with Crippen LogP contribution in [0.5, 0.6) is 0 Å². The van der Waals surface area contributed by atoms with Gasteiger partial charge in [-0.25, -0.2) is 0 Å². The lowest BCUT2D eigenvalue weighted by molar-refractivity contribution is -0.391. The Labute approximate surface area is 131 Å². The van der Waals surface area contributed by atoms with E-state index < -0.39 is 62.7 Å². The Balaban J connectivity index is 3.06. The van der Waals surface area contributed by atoms with Crippen LogP contribution < -0.4 is 5.32 Å². The monoisotopic (exact) mass is 371 g/mol. The predicted octanol–water partition coefficient (Wildman–Crippen LogP) is 2.60. The molecular formula is C11H3F6N3O5. The number of nitrogens with one attached hydrogen (secondary N) is 1. The molecule has 25 heavy (non-hydrogen) atoms. The first kappa shape index (κ1) is 18.2. The molecule has 2 rings (SSSR count). The number of rotatable bonds is 1. The second kappa shape index (κ2) is 5.42. The third-order valence-corrected chi connectivity index (χ3v) is 3.08. The number of oxime groups is 1. The Bertz CT molecular complexity index is 842. The molecule has 1 amide bonds. The highest BCUT2D eigenvalue weighted by Crippen LogP contribution is 2.48. The highest BCUT2D eigenvalue weighted by atomic mass is 19.4. The van der Waals surface area contributed by atoms with Gasteiger partial charge in [0.15, 0.2) is 0 Å². The molecule has 0 atom stereocenters. The van der Waals surface area contributed by atoms with Crippen LogP contribution in [0, 0.1) is 10.1 Å². The third kappa shape index (κ3) is 2.85. The molecule has 0 fully saturated rings. The number of nitro groups is 1. The number of carbonyl (C=O) groups is 2. The number of hydrogen-bond donors (Lipinski definition) is 2. The van der Waals surface area contributed by atoms with Gasteiger partial charge < -0.3 is 10.5 Å². The molecule has 2 N–H and O–H groups in total. The van der Waals surface area contributed by atoms with Crippen molar-refractivity contribution >= 4 is 28.8 Å². The van der Waals surface area contributed by atoms with E-state index in [4.69, 9.17) is 5.21 Å². The van der Waals surface area contributed by atoms with Crippen LogP contribution in [0.2, 0.25) is 0 Å². The van der Waals surface area contributed by atoms with Crippen molar-refractivity contribution in [3.8, 4) is 0 Å². The van der Waals surface area contributed by atoms with Crippen molar-refractivity contribution in [3.05, 3.63) is 32.9 Å². The first-order valence-corrected chi connectivity index (χ1v) is 5.88. The van der Waals surface area contributed by atoms with Crippen LogP contribution in [0.1, 0.15) is 21.5 Å². The smallest absolute Gasteiger partial charge is 0.410 e. The minimum atomic E-state index is -5.76. The fourth-order valence-corrected chi connectivity index (χ4v) is 2.18. The maximum atomic E-state index is 13.2. The Morgan fingerprint density at radius 1 is 1.12 bits per heavy atom. The Hall–Kier alpha value is -3.19. The number of nitrogens with zero attached hydrogens (tertiary/aromatic N) is 2. The van der Waals surface area contributed by atoms with E-state index in [0.717, 1.165) is 0 Å². The lowest BCUT2D eigenvalue weighted by Crippen LogP contribution is -2.38. The zero-order valence-electron chi connectivity index (χ0n) is 11.3. The third-order valence-electron chi connectivity index (χ3n) is 3.08. The standard InChI is InChI=1S/C11H3F6N3O5/c12-10(13,14)2-1-3-4(8(21)6(19-23)9(22)18-3)5(11(15,16)17)7(2)20(24)25/h1,23H,(H,18,22). The van der Waals surface area contributed by atoms with Gasteiger partial charge in [0.05, 0.1) is 16.2 Å². The van der Waals surface area contributed by atoms with Gasteiger partial charge in [0.2, 0.25) is 11.5 Å². The van der Waals surface area contributed by atoms with E-state index in [2.05, 4.69) is 5.16 Å². The molecule has 8 nitrogen and oxygen atoms in total. The average molecular weight is 371 g/mol. The molecule has 0 spiro atoms. The van der Waals surface area contributed by atoms with Gasteiger partial charge in [0.1, 0.15) is 11.1 Å². The molecule has 0 radical (unpaired) electrons. The van der Waals surface area contributed by atoms with E-state index in [1.165, 1.54) is 5.32 Å². The number of benzene rings is 1. The van der Waals surface area contributed by atoms with Gasteiger partial charge in [0, 0.05) is 0 Å². The summed E-state index contributed by atoms with van der Waals surface area (Å²) in [5, 5.41) is 23.1. The minimum absolute atomic E-state index is 0.160. The van der Waals surface area contributed by atoms with Gasteiger partial charge in [-0.3, -0.25) is 19.7 Å². The first-order chi connectivity index (χ1) is 11.3. The number of nitro benzene ring substituents is 1. The van der Waals surface area contributed by atoms with Crippen LogP contribution in [0.4, 0.5) is 37.7 Å². The van der Waals surface area contributed by atoms with E-state index >= 15 is 0 Å². The fourth-order valence-electron chi connectivity index (χ4n) is 2.18. The minimum Gasteiger partial charge on any atom is -0.410 e. The normalized spacial score (nSPS) is 16.6. The molecule has 0 saturated carbocycles. The van der Waals surface area contributed by atoms with E-state index in [1.54, 1.807) is 0 Å². The number of amides is 1. The zero-order chi connectivity index (χ0) is 19.3. The molecule has 1 aromatic carbocycles. The molecule has 0 unspecified atom stereocenters. The van der Waals surface area contributed by atoms with Crippen LogP contribution in [0.3, 0.4) is 0 Å². The lowest BCUT2D eigenvalue weighted by atomic mass is 9.90. The van der Waals surface area contributed by atoms with Crippen molar-refractivity contribution in [1.82, 2.24) is 0 Å². The molecule has 1 aromatic rings. The van der Waals surface area contributed by atoms with Gasteiger partial charge >= 0.3 is 12.4 Å². The lowest BCUT2D eigenvalue weighted by Gasteiger charge is -2.22. The van der Waals surface area contributed by atoms with Crippen LogP contribution in [-0.2, 0) is 17.1 Å². The van der Waals surface area contributed by atoms with E-state index in [0.29, 0.717) is 0 Å². The fraction of sp³-hybridized carbons (Fsp3) is 0.182.